The summed E-state index contributed by atoms with van der Waals surface area (Å²) >= 11 is 0. The van der Waals surface area contributed by atoms with Crippen molar-refractivity contribution in [3.63, 3.8) is 0 Å². The van der Waals surface area contributed by atoms with E-state index in [0.717, 1.165) is 5.92 Å². The highest BCUT2D eigenvalue weighted by Crippen LogP contribution is 2.54. The summed E-state index contributed by atoms with van der Waals surface area (Å²) in [5.41, 5.74) is 0.954. The summed E-state index contributed by atoms with van der Waals surface area (Å²) < 4.78 is 0. The average Bonchev–Trinajstić information content (AvgIpc) is 2.58. The first-order valence-electron chi connectivity index (χ1n) is 5.12. The summed E-state index contributed by atoms with van der Waals surface area (Å²) in [6.45, 7) is 12.6. The highest BCUT2D eigenvalue weighted by atomic mass is 15.0. The largest absolute Gasteiger partial charge is 0.312 e. The lowest BCUT2D eigenvalue weighted by atomic mass is 10.0. The van der Waals surface area contributed by atoms with Crippen LogP contribution in [-0.4, -0.2) is 12.1 Å². The molecule has 0 amide bonds. The standard InChI is InChI=1S/C11H23N/c1-6-11(5)7-9(11)8-12-10(2,3)4/h9,12H,6-8H2,1-5H3. The van der Waals surface area contributed by atoms with Gasteiger partial charge >= 0.3 is 0 Å². The Bertz CT molecular complexity index is 157. The molecule has 0 bridgehead atoms. The second kappa shape index (κ2) is 3.02. The normalized spacial score (nSPS) is 35.2. The molecule has 0 saturated heterocycles. The van der Waals surface area contributed by atoms with Gasteiger partial charge in [0.05, 0.1) is 0 Å². The van der Waals surface area contributed by atoms with Crippen LogP contribution >= 0.6 is 0 Å². The number of nitrogens with one attached hydrogen (secondary N) is 1. The van der Waals surface area contributed by atoms with E-state index in [-0.39, 0.29) is 5.54 Å². The van der Waals surface area contributed by atoms with E-state index in [2.05, 4.69) is 39.9 Å². The summed E-state index contributed by atoms with van der Waals surface area (Å²) in [5.74, 6) is 0.932. The fourth-order valence-corrected chi connectivity index (χ4v) is 1.68. The van der Waals surface area contributed by atoms with E-state index in [1.54, 1.807) is 0 Å². The van der Waals surface area contributed by atoms with Crippen LogP contribution in [0.4, 0.5) is 0 Å². The highest BCUT2D eigenvalue weighted by Gasteiger charge is 2.47. The molecule has 1 saturated carbocycles. The average molecular weight is 169 g/mol. The van der Waals surface area contributed by atoms with E-state index in [4.69, 9.17) is 0 Å². The molecule has 0 spiro atoms. The van der Waals surface area contributed by atoms with Gasteiger partial charge in [0.15, 0.2) is 0 Å². The van der Waals surface area contributed by atoms with Crippen LogP contribution in [0.3, 0.4) is 0 Å². The fourth-order valence-electron chi connectivity index (χ4n) is 1.68. The Morgan fingerprint density at radius 2 is 2.00 bits per heavy atom. The van der Waals surface area contributed by atoms with E-state index >= 15 is 0 Å². The number of rotatable bonds is 3. The van der Waals surface area contributed by atoms with Crippen molar-refractivity contribution >= 4 is 0 Å². The van der Waals surface area contributed by atoms with Gasteiger partial charge < -0.3 is 5.32 Å². The molecule has 2 unspecified atom stereocenters. The minimum atomic E-state index is 0.289. The van der Waals surface area contributed by atoms with Crippen LogP contribution in [0.2, 0.25) is 0 Å². The van der Waals surface area contributed by atoms with Gasteiger partial charge in [0.1, 0.15) is 0 Å². The second-order valence-corrected chi connectivity index (χ2v) is 5.54. The van der Waals surface area contributed by atoms with Crippen molar-refractivity contribution in [3.8, 4) is 0 Å². The molecule has 1 heteroatoms. The molecule has 1 aliphatic rings. The van der Waals surface area contributed by atoms with Crippen molar-refractivity contribution < 1.29 is 0 Å². The van der Waals surface area contributed by atoms with E-state index in [0.29, 0.717) is 5.41 Å². The van der Waals surface area contributed by atoms with Crippen LogP contribution in [0.25, 0.3) is 0 Å². The van der Waals surface area contributed by atoms with Gasteiger partial charge in [-0.25, -0.2) is 0 Å². The molecule has 0 heterocycles. The number of hydrogen-bond acceptors (Lipinski definition) is 1. The monoisotopic (exact) mass is 169 g/mol. The maximum absolute atomic E-state index is 3.57. The topological polar surface area (TPSA) is 12.0 Å². The van der Waals surface area contributed by atoms with Crippen LogP contribution in [-0.2, 0) is 0 Å². The predicted octanol–water partition coefficient (Wildman–Crippen LogP) is 2.81. The van der Waals surface area contributed by atoms with Gasteiger partial charge in [0, 0.05) is 5.54 Å². The van der Waals surface area contributed by atoms with Crippen molar-refractivity contribution in [2.75, 3.05) is 6.54 Å². The van der Waals surface area contributed by atoms with Crippen LogP contribution < -0.4 is 5.32 Å². The van der Waals surface area contributed by atoms with Crippen LogP contribution in [0.5, 0.6) is 0 Å². The molecule has 0 aromatic heterocycles. The van der Waals surface area contributed by atoms with Crippen molar-refractivity contribution in [2.24, 2.45) is 11.3 Å². The highest BCUT2D eigenvalue weighted by molar-refractivity contribution is 4.99. The molecule has 1 nitrogen and oxygen atoms in total. The van der Waals surface area contributed by atoms with Gasteiger partial charge in [-0.15, -0.1) is 0 Å². The Morgan fingerprint density at radius 1 is 1.42 bits per heavy atom. The quantitative estimate of drug-likeness (QED) is 0.685. The molecule has 1 aliphatic carbocycles. The molecule has 0 aromatic carbocycles. The molecule has 2 atom stereocenters. The third-order valence-electron chi connectivity index (χ3n) is 3.22. The van der Waals surface area contributed by atoms with Gasteiger partial charge in [0.25, 0.3) is 0 Å². The molecular weight excluding hydrogens is 146 g/mol. The molecule has 1 rings (SSSR count). The predicted molar refractivity (Wildman–Crippen MR) is 54.3 cm³/mol. The Labute approximate surface area is 76.9 Å². The SMILES string of the molecule is CCC1(C)CC1CNC(C)(C)C. The van der Waals surface area contributed by atoms with Gasteiger partial charge in [0.2, 0.25) is 0 Å². The summed E-state index contributed by atoms with van der Waals surface area (Å²) in [4.78, 5) is 0. The lowest BCUT2D eigenvalue weighted by molar-refractivity contribution is 0.384. The van der Waals surface area contributed by atoms with Crippen LogP contribution in [0, 0.1) is 11.3 Å². The summed E-state index contributed by atoms with van der Waals surface area (Å²) in [6.07, 6.45) is 2.76. The molecule has 12 heavy (non-hydrogen) atoms. The second-order valence-electron chi connectivity index (χ2n) is 5.54. The summed E-state index contributed by atoms with van der Waals surface area (Å²) in [6, 6.07) is 0. The molecule has 72 valence electrons. The van der Waals surface area contributed by atoms with E-state index in [1.807, 2.05) is 0 Å². The van der Waals surface area contributed by atoms with Crippen molar-refractivity contribution in [2.45, 2.75) is 53.0 Å². The van der Waals surface area contributed by atoms with E-state index in [1.165, 1.54) is 19.4 Å². The van der Waals surface area contributed by atoms with E-state index in [9.17, 15) is 0 Å². The van der Waals surface area contributed by atoms with Crippen molar-refractivity contribution in [3.05, 3.63) is 0 Å². The van der Waals surface area contributed by atoms with Gasteiger partial charge in [-0.2, -0.15) is 0 Å². The Morgan fingerprint density at radius 3 is 2.33 bits per heavy atom. The Balaban J connectivity index is 2.20. The summed E-state index contributed by atoms with van der Waals surface area (Å²) in [7, 11) is 0. The van der Waals surface area contributed by atoms with Crippen LogP contribution in [0.15, 0.2) is 0 Å². The zero-order valence-corrected chi connectivity index (χ0v) is 9.20. The molecule has 0 radical (unpaired) electrons. The molecular formula is C11H23N. The van der Waals surface area contributed by atoms with Crippen molar-refractivity contribution in [1.82, 2.24) is 5.32 Å². The smallest absolute Gasteiger partial charge is 0.00966 e. The fraction of sp³-hybridized carbons (Fsp3) is 1.00. The maximum Gasteiger partial charge on any atom is 0.00966 e. The van der Waals surface area contributed by atoms with Gasteiger partial charge in [-0.05, 0) is 45.1 Å². The molecule has 0 aliphatic heterocycles. The number of hydrogen-bond donors (Lipinski definition) is 1. The maximum atomic E-state index is 3.57. The minimum Gasteiger partial charge on any atom is -0.312 e. The third-order valence-corrected chi connectivity index (χ3v) is 3.22. The molecule has 0 aromatic rings. The first-order chi connectivity index (χ1) is 5.37. The lowest BCUT2D eigenvalue weighted by Crippen LogP contribution is -2.37. The van der Waals surface area contributed by atoms with E-state index < -0.39 is 0 Å². The van der Waals surface area contributed by atoms with Crippen LogP contribution in [0.1, 0.15) is 47.5 Å². The molecule has 1 N–H and O–H groups in total. The van der Waals surface area contributed by atoms with Gasteiger partial charge in [-0.1, -0.05) is 20.3 Å². The Kier molecular flexibility index (Phi) is 2.53. The zero-order chi connectivity index (χ0) is 9.41. The van der Waals surface area contributed by atoms with Crippen molar-refractivity contribution in [1.29, 1.82) is 0 Å². The minimum absolute atomic E-state index is 0.289. The van der Waals surface area contributed by atoms with Gasteiger partial charge in [-0.3, -0.25) is 0 Å². The zero-order valence-electron chi connectivity index (χ0n) is 9.20. The third kappa shape index (κ3) is 2.48. The summed E-state index contributed by atoms with van der Waals surface area (Å²) in [5, 5.41) is 3.57. The first-order valence-corrected chi connectivity index (χ1v) is 5.12. The molecule has 1 fully saturated rings. The first kappa shape index (κ1) is 10.0. The Hall–Kier alpha value is -0.0400. The lowest BCUT2D eigenvalue weighted by Gasteiger charge is -2.21.